The fourth-order valence-corrected chi connectivity index (χ4v) is 4.00. The van der Waals surface area contributed by atoms with Crippen molar-refractivity contribution in [1.82, 2.24) is 19.9 Å². The number of hydrogen-bond acceptors (Lipinski definition) is 6. The van der Waals surface area contributed by atoms with Crippen LogP contribution >= 0.6 is 11.3 Å². The molecule has 2 heterocycles. The molecule has 0 aliphatic heterocycles. The minimum absolute atomic E-state index is 0.0327. The van der Waals surface area contributed by atoms with Crippen LogP contribution in [0.25, 0.3) is 22.6 Å². The number of primary sulfonamides is 1. The Morgan fingerprint density at radius 3 is 2.59 bits per heavy atom. The van der Waals surface area contributed by atoms with E-state index in [9.17, 15) is 13.2 Å². The number of sulfonamides is 1. The Bertz CT molecular complexity index is 1260. The zero-order chi connectivity index (χ0) is 20.4. The van der Waals surface area contributed by atoms with Gasteiger partial charge in [0.1, 0.15) is 12.2 Å². The number of thiazole rings is 1. The molecule has 0 radical (unpaired) electrons. The molecule has 0 spiro atoms. The molecule has 0 unspecified atom stereocenters. The number of nitrogens with two attached hydrogens (primary N) is 1. The average molecular weight is 428 g/mol. The maximum absolute atomic E-state index is 12.6. The lowest BCUT2D eigenvalue weighted by Crippen LogP contribution is -2.27. The number of fused-ring (bicyclic) bond motifs is 1. The van der Waals surface area contributed by atoms with E-state index in [1.165, 1.54) is 23.5 Å². The summed E-state index contributed by atoms with van der Waals surface area (Å²) in [7, 11) is -3.73. The molecule has 0 aliphatic rings. The topological polar surface area (TPSA) is 120 Å². The number of nitrogens with one attached hydrogen (secondary N) is 1. The van der Waals surface area contributed by atoms with E-state index in [2.05, 4.69) is 15.3 Å². The standard InChI is InChI=1S/C19H17N5O3S2/c20-29(26,27)14-7-5-13(6-8-14)9-21-18(25)10-24-17-4-2-1-3-15(17)23-19(24)16-11-28-12-22-16/h1-8,11-12H,9-10H2,(H,21,25)(H2,20,26,27). The van der Waals surface area contributed by atoms with Crippen LogP contribution in [0.3, 0.4) is 0 Å². The van der Waals surface area contributed by atoms with Crippen LogP contribution in [-0.2, 0) is 27.9 Å². The fraction of sp³-hybridized carbons (Fsp3) is 0.105. The Hall–Kier alpha value is -3.08. The van der Waals surface area contributed by atoms with Gasteiger partial charge < -0.3 is 9.88 Å². The van der Waals surface area contributed by atoms with Gasteiger partial charge in [-0.15, -0.1) is 11.3 Å². The van der Waals surface area contributed by atoms with Crippen molar-refractivity contribution in [1.29, 1.82) is 0 Å². The molecule has 0 bridgehead atoms. The lowest BCUT2D eigenvalue weighted by molar-refractivity contribution is -0.121. The Kier molecular flexibility index (Phi) is 5.14. The lowest BCUT2D eigenvalue weighted by Gasteiger charge is -2.09. The minimum atomic E-state index is -3.73. The van der Waals surface area contributed by atoms with Crippen molar-refractivity contribution in [2.75, 3.05) is 0 Å². The zero-order valence-electron chi connectivity index (χ0n) is 15.1. The fourth-order valence-electron chi connectivity index (χ4n) is 2.95. The van der Waals surface area contributed by atoms with Crippen LogP contribution in [0.4, 0.5) is 0 Å². The molecule has 4 rings (SSSR count). The number of aromatic nitrogens is 3. The van der Waals surface area contributed by atoms with Gasteiger partial charge in [0.05, 0.1) is 21.4 Å². The van der Waals surface area contributed by atoms with Gasteiger partial charge >= 0.3 is 0 Å². The van der Waals surface area contributed by atoms with Gasteiger partial charge in [-0.3, -0.25) is 4.79 Å². The van der Waals surface area contributed by atoms with E-state index in [-0.39, 0.29) is 23.9 Å². The summed E-state index contributed by atoms with van der Waals surface area (Å²) in [5, 5.41) is 9.83. The maximum Gasteiger partial charge on any atom is 0.240 e. The molecule has 0 saturated carbocycles. The lowest BCUT2D eigenvalue weighted by atomic mass is 10.2. The van der Waals surface area contributed by atoms with Crippen molar-refractivity contribution >= 4 is 38.3 Å². The molecule has 2 aromatic carbocycles. The molecule has 29 heavy (non-hydrogen) atoms. The summed E-state index contributed by atoms with van der Waals surface area (Å²) in [6.45, 7) is 0.352. The monoisotopic (exact) mass is 427 g/mol. The molecule has 4 aromatic rings. The second kappa shape index (κ2) is 7.74. The van der Waals surface area contributed by atoms with E-state index in [0.29, 0.717) is 5.82 Å². The third kappa shape index (κ3) is 4.19. The average Bonchev–Trinajstić information content (AvgIpc) is 3.34. The second-order valence-corrected chi connectivity index (χ2v) is 8.63. The Labute approximate surface area is 171 Å². The van der Waals surface area contributed by atoms with Gasteiger partial charge in [0.25, 0.3) is 0 Å². The van der Waals surface area contributed by atoms with Gasteiger partial charge in [-0.05, 0) is 29.8 Å². The number of carbonyl (C=O) groups is 1. The quantitative estimate of drug-likeness (QED) is 0.488. The number of hydrogen-bond donors (Lipinski definition) is 2. The van der Waals surface area contributed by atoms with Crippen LogP contribution in [-0.4, -0.2) is 28.9 Å². The van der Waals surface area contributed by atoms with Gasteiger partial charge in [-0.25, -0.2) is 23.5 Å². The number of carbonyl (C=O) groups excluding carboxylic acids is 1. The SMILES string of the molecule is NS(=O)(=O)c1ccc(CNC(=O)Cn2c(-c3cscn3)nc3ccccc32)cc1. The Morgan fingerprint density at radius 1 is 1.14 bits per heavy atom. The van der Waals surface area contributed by atoms with Crippen molar-refractivity contribution in [3.05, 3.63) is 65.0 Å². The number of amides is 1. The first kappa shape index (κ1) is 19.2. The molecule has 10 heteroatoms. The number of imidazole rings is 1. The van der Waals surface area contributed by atoms with Crippen LogP contribution in [0.5, 0.6) is 0 Å². The molecule has 0 fully saturated rings. The zero-order valence-corrected chi connectivity index (χ0v) is 16.8. The van der Waals surface area contributed by atoms with E-state index in [1.54, 1.807) is 17.6 Å². The van der Waals surface area contributed by atoms with Crippen molar-refractivity contribution in [3.8, 4) is 11.5 Å². The normalized spacial score (nSPS) is 11.6. The number of nitrogens with zero attached hydrogens (tertiary/aromatic N) is 3. The summed E-state index contributed by atoms with van der Waals surface area (Å²) < 4.78 is 24.5. The van der Waals surface area contributed by atoms with Gasteiger partial charge in [0.15, 0.2) is 5.82 Å². The van der Waals surface area contributed by atoms with Crippen molar-refractivity contribution < 1.29 is 13.2 Å². The molecule has 0 aliphatic carbocycles. The Balaban J connectivity index is 1.51. The number of rotatable bonds is 6. The highest BCUT2D eigenvalue weighted by Crippen LogP contribution is 2.24. The Morgan fingerprint density at radius 2 is 1.90 bits per heavy atom. The molecule has 2 aromatic heterocycles. The summed E-state index contributed by atoms with van der Waals surface area (Å²) >= 11 is 1.47. The molecule has 0 saturated heterocycles. The van der Waals surface area contributed by atoms with Crippen molar-refractivity contribution in [2.45, 2.75) is 18.0 Å². The first-order valence-corrected chi connectivity index (χ1v) is 11.1. The van der Waals surface area contributed by atoms with Crippen LogP contribution < -0.4 is 10.5 Å². The van der Waals surface area contributed by atoms with E-state index in [1.807, 2.05) is 34.2 Å². The number of para-hydroxylation sites is 2. The van der Waals surface area contributed by atoms with Crippen LogP contribution in [0.2, 0.25) is 0 Å². The molecule has 1 amide bonds. The first-order chi connectivity index (χ1) is 13.9. The molecule has 8 nitrogen and oxygen atoms in total. The van der Waals surface area contributed by atoms with Crippen LogP contribution in [0.1, 0.15) is 5.56 Å². The van der Waals surface area contributed by atoms with E-state index < -0.39 is 10.0 Å². The van der Waals surface area contributed by atoms with E-state index in [0.717, 1.165) is 22.3 Å². The summed E-state index contributed by atoms with van der Waals surface area (Å²) in [6, 6.07) is 13.7. The molecular weight excluding hydrogens is 410 g/mol. The molecule has 148 valence electrons. The van der Waals surface area contributed by atoms with Crippen molar-refractivity contribution in [2.24, 2.45) is 5.14 Å². The largest absolute Gasteiger partial charge is 0.350 e. The van der Waals surface area contributed by atoms with E-state index in [4.69, 9.17) is 5.14 Å². The maximum atomic E-state index is 12.6. The van der Waals surface area contributed by atoms with Gasteiger partial charge in [0, 0.05) is 11.9 Å². The predicted octanol–water partition coefficient (Wildman–Crippen LogP) is 2.12. The van der Waals surface area contributed by atoms with Crippen LogP contribution in [0.15, 0.2) is 64.3 Å². The van der Waals surface area contributed by atoms with E-state index >= 15 is 0 Å². The van der Waals surface area contributed by atoms with Gasteiger partial charge in [-0.1, -0.05) is 24.3 Å². The highest BCUT2D eigenvalue weighted by atomic mass is 32.2. The minimum Gasteiger partial charge on any atom is -0.350 e. The summed E-state index contributed by atoms with van der Waals surface area (Å²) in [5.41, 5.74) is 4.85. The third-order valence-electron chi connectivity index (χ3n) is 4.36. The predicted molar refractivity (Wildman–Crippen MR) is 111 cm³/mol. The van der Waals surface area contributed by atoms with Gasteiger partial charge in [0.2, 0.25) is 15.9 Å². The summed E-state index contributed by atoms with van der Waals surface area (Å²) in [5.74, 6) is 0.445. The smallest absolute Gasteiger partial charge is 0.240 e. The highest BCUT2D eigenvalue weighted by molar-refractivity contribution is 7.89. The highest BCUT2D eigenvalue weighted by Gasteiger charge is 2.16. The van der Waals surface area contributed by atoms with Crippen molar-refractivity contribution in [3.63, 3.8) is 0 Å². The van der Waals surface area contributed by atoms with Crippen LogP contribution in [0, 0.1) is 0 Å². The summed E-state index contributed by atoms with van der Waals surface area (Å²) in [4.78, 5) is 21.5. The molecular formula is C19H17N5O3S2. The molecule has 3 N–H and O–H groups in total. The third-order valence-corrected chi connectivity index (χ3v) is 5.87. The second-order valence-electron chi connectivity index (χ2n) is 6.35. The first-order valence-electron chi connectivity index (χ1n) is 8.64. The summed E-state index contributed by atoms with van der Waals surface area (Å²) in [6.07, 6.45) is 0. The number of benzene rings is 2. The van der Waals surface area contributed by atoms with Gasteiger partial charge in [-0.2, -0.15) is 0 Å². The molecule has 0 atom stereocenters.